The SMILES string of the molecule is COC1(c2nc3sc(N(C)[C@H](C)C(=O)CCc4ccccc4)nc3c(=O)[nH]2)CC1. The number of likely N-dealkylation sites (N-methyl/N-ethyl adjacent to an activating group) is 1. The fourth-order valence-electron chi connectivity index (χ4n) is 3.34. The molecule has 0 spiro atoms. The van der Waals surface area contributed by atoms with E-state index in [4.69, 9.17) is 4.74 Å². The van der Waals surface area contributed by atoms with Gasteiger partial charge in [-0.25, -0.2) is 9.97 Å². The molecule has 4 rings (SSSR count). The number of ether oxygens (including phenoxy) is 1. The Labute approximate surface area is 172 Å². The molecule has 0 bridgehead atoms. The molecule has 1 aliphatic rings. The highest BCUT2D eigenvalue weighted by molar-refractivity contribution is 7.21. The summed E-state index contributed by atoms with van der Waals surface area (Å²) in [6.07, 6.45) is 2.86. The molecule has 1 saturated carbocycles. The number of rotatable bonds is 8. The van der Waals surface area contributed by atoms with E-state index in [0.29, 0.717) is 34.1 Å². The monoisotopic (exact) mass is 412 g/mol. The summed E-state index contributed by atoms with van der Waals surface area (Å²) in [7, 11) is 3.46. The van der Waals surface area contributed by atoms with Crippen molar-refractivity contribution in [2.24, 2.45) is 0 Å². The second-order valence-corrected chi connectivity index (χ2v) is 8.46. The van der Waals surface area contributed by atoms with Crippen LogP contribution in [-0.2, 0) is 21.6 Å². The van der Waals surface area contributed by atoms with Crippen molar-refractivity contribution in [3.05, 3.63) is 52.1 Å². The molecule has 3 aromatic rings. The molecule has 0 saturated heterocycles. The Morgan fingerprint density at radius 1 is 1.31 bits per heavy atom. The highest BCUT2D eigenvalue weighted by Gasteiger charge is 2.47. The third-order valence-electron chi connectivity index (χ3n) is 5.64. The second-order valence-electron chi connectivity index (χ2n) is 7.50. The number of Topliss-reactive ketones (excluding diaryl/α,β-unsaturated/α-hetero) is 1. The lowest BCUT2D eigenvalue weighted by atomic mass is 10.0. The number of nitrogens with one attached hydrogen (secondary N) is 1. The van der Waals surface area contributed by atoms with Gasteiger partial charge in [-0.2, -0.15) is 0 Å². The Kier molecular flexibility index (Phi) is 5.23. The molecule has 2 heterocycles. The minimum absolute atomic E-state index is 0.134. The zero-order valence-corrected chi connectivity index (χ0v) is 17.6. The van der Waals surface area contributed by atoms with E-state index in [1.165, 1.54) is 11.3 Å². The molecule has 8 heteroatoms. The number of hydrogen-bond acceptors (Lipinski definition) is 7. The molecule has 0 aliphatic heterocycles. The summed E-state index contributed by atoms with van der Waals surface area (Å²) in [6, 6.07) is 9.63. The number of carbonyl (C=O) groups is 1. The van der Waals surface area contributed by atoms with Gasteiger partial charge in [0.05, 0.1) is 6.04 Å². The average molecular weight is 413 g/mol. The van der Waals surface area contributed by atoms with Crippen molar-refractivity contribution in [3.63, 3.8) is 0 Å². The van der Waals surface area contributed by atoms with E-state index in [-0.39, 0.29) is 17.4 Å². The first kappa shape index (κ1) is 19.7. The van der Waals surface area contributed by atoms with Crippen LogP contribution in [0.2, 0.25) is 0 Å². The van der Waals surface area contributed by atoms with E-state index in [0.717, 1.165) is 18.4 Å². The van der Waals surface area contributed by atoms with Crippen LogP contribution in [-0.4, -0.2) is 40.9 Å². The Hall–Kier alpha value is -2.58. The number of thiazole rings is 1. The van der Waals surface area contributed by atoms with E-state index in [2.05, 4.69) is 15.0 Å². The van der Waals surface area contributed by atoms with Crippen molar-refractivity contribution in [2.45, 2.75) is 44.2 Å². The van der Waals surface area contributed by atoms with Gasteiger partial charge in [-0.15, -0.1) is 0 Å². The molecule has 0 radical (unpaired) electrons. The number of carbonyl (C=O) groups excluding carboxylic acids is 1. The van der Waals surface area contributed by atoms with Crippen LogP contribution in [0.15, 0.2) is 35.1 Å². The fourth-order valence-corrected chi connectivity index (χ4v) is 4.33. The molecule has 1 atom stereocenters. The third kappa shape index (κ3) is 3.82. The lowest BCUT2D eigenvalue weighted by molar-refractivity contribution is -0.119. The molecule has 1 fully saturated rings. The smallest absolute Gasteiger partial charge is 0.278 e. The molecular weight excluding hydrogens is 388 g/mol. The lowest BCUT2D eigenvalue weighted by Crippen LogP contribution is -2.36. The summed E-state index contributed by atoms with van der Waals surface area (Å²) in [5.74, 6) is 0.692. The van der Waals surface area contributed by atoms with E-state index in [1.54, 1.807) is 7.11 Å². The van der Waals surface area contributed by atoms with Crippen LogP contribution in [0.5, 0.6) is 0 Å². The Balaban J connectivity index is 1.51. The van der Waals surface area contributed by atoms with E-state index in [9.17, 15) is 9.59 Å². The van der Waals surface area contributed by atoms with Crippen molar-refractivity contribution in [2.75, 3.05) is 19.1 Å². The summed E-state index contributed by atoms with van der Waals surface area (Å²) in [4.78, 5) is 39.4. The largest absolute Gasteiger partial charge is 0.370 e. The van der Waals surface area contributed by atoms with Crippen LogP contribution in [0.3, 0.4) is 0 Å². The van der Waals surface area contributed by atoms with Gasteiger partial charge in [0.1, 0.15) is 11.4 Å². The topological polar surface area (TPSA) is 88.2 Å². The minimum atomic E-state index is -0.468. The van der Waals surface area contributed by atoms with Gasteiger partial charge in [-0.1, -0.05) is 41.7 Å². The maximum atomic E-state index is 12.7. The predicted molar refractivity (Wildman–Crippen MR) is 114 cm³/mol. The number of methoxy groups -OCH3 is 1. The summed E-state index contributed by atoms with van der Waals surface area (Å²) >= 11 is 1.32. The van der Waals surface area contributed by atoms with Crippen LogP contribution < -0.4 is 10.5 Å². The highest BCUT2D eigenvalue weighted by Crippen LogP contribution is 2.47. The number of aryl methyl sites for hydroxylation is 1. The summed E-state index contributed by atoms with van der Waals surface area (Å²) in [5.41, 5.74) is 0.708. The molecule has 7 nitrogen and oxygen atoms in total. The summed E-state index contributed by atoms with van der Waals surface area (Å²) in [6.45, 7) is 1.87. The fraction of sp³-hybridized carbons (Fsp3) is 0.429. The highest BCUT2D eigenvalue weighted by atomic mass is 32.1. The van der Waals surface area contributed by atoms with Gasteiger partial charge in [-0.3, -0.25) is 9.59 Å². The maximum absolute atomic E-state index is 12.7. The standard InChI is InChI=1S/C21H24N4O3S/c1-13(15(26)10-9-14-7-5-4-6-8-14)25(2)20-22-16-17(27)23-19(24-18(16)29-20)21(28-3)11-12-21/h4-8,13H,9-12H2,1-3H3,(H,23,24,27)/t13-/m1/s1. The Morgan fingerprint density at radius 3 is 2.69 bits per heavy atom. The second kappa shape index (κ2) is 7.68. The molecule has 152 valence electrons. The molecule has 1 aliphatic carbocycles. The number of anilines is 1. The number of benzene rings is 1. The van der Waals surface area contributed by atoms with Gasteiger partial charge in [0.25, 0.3) is 5.56 Å². The van der Waals surface area contributed by atoms with Gasteiger partial charge in [0.2, 0.25) is 0 Å². The zero-order valence-electron chi connectivity index (χ0n) is 16.8. The average Bonchev–Trinajstić information content (AvgIpc) is 3.43. The number of aromatic nitrogens is 3. The first-order valence-corrected chi connectivity index (χ1v) is 10.5. The number of H-pyrrole nitrogens is 1. The van der Waals surface area contributed by atoms with E-state index < -0.39 is 5.60 Å². The van der Waals surface area contributed by atoms with Crippen LogP contribution in [0.25, 0.3) is 10.3 Å². The van der Waals surface area contributed by atoms with Crippen LogP contribution in [0, 0.1) is 0 Å². The number of aromatic amines is 1. The van der Waals surface area contributed by atoms with Crippen LogP contribution in [0.4, 0.5) is 5.13 Å². The molecule has 1 aromatic carbocycles. The van der Waals surface area contributed by atoms with Crippen molar-refractivity contribution in [3.8, 4) is 0 Å². The van der Waals surface area contributed by atoms with Crippen molar-refractivity contribution in [1.82, 2.24) is 15.0 Å². The summed E-state index contributed by atoms with van der Waals surface area (Å²) in [5, 5.41) is 0.609. The molecule has 2 aromatic heterocycles. The van der Waals surface area contributed by atoms with Gasteiger partial charge < -0.3 is 14.6 Å². The zero-order chi connectivity index (χ0) is 20.6. The molecule has 0 amide bonds. The van der Waals surface area contributed by atoms with Gasteiger partial charge in [0.15, 0.2) is 21.3 Å². The van der Waals surface area contributed by atoms with E-state index >= 15 is 0 Å². The quantitative estimate of drug-likeness (QED) is 0.612. The molecule has 29 heavy (non-hydrogen) atoms. The molecular formula is C21H24N4O3S. The van der Waals surface area contributed by atoms with E-state index in [1.807, 2.05) is 49.2 Å². The normalized spacial score (nSPS) is 16.0. The predicted octanol–water partition coefficient (Wildman–Crippen LogP) is 3.04. The first-order valence-electron chi connectivity index (χ1n) is 9.69. The number of ketones is 1. The Bertz CT molecular complexity index is 1090. The Morgan fingerprint density at radius 2 is 2.03 bits per heavy atom. The van der Waals surface area contributed by atoms with Gasteiger partial charge in [-0.05, 0) is 31.7 Å². The van der Waals surface area contributed by atoms with Crippen molar-refractivity contribution in [1.29, 1.82) is 0 Å². The van der Waals surface area contributed by atoms with Gasteiger partial charge in [0, 0.05) is 20.6 Å². The van der Waals surface area contributed by atoms with Gasteiger partial charge >= 0.3 is 0 Å². The van der Waals surface area contributed by atoms with Crippen LogP contribution >= 0.6 is 11.3 Å². The molecule has 1 N–H and O–H groups in total. The number of hydrogen-bond donors (Lipinski definition) is 1. The number of nitrogens with zero attached hydrogens (tertiary/aromatic N) is 3. The minimum Gasteiger partial charge on any atom is -0.370 e. The lowest BCUT2D eigenvalue weighted by Gasteiger charge is -2.22. The number of fused-ring (bicyclic) bond motifs is 1. The van der Waals surface area contributed by atoms with Crippen molar-refractivity contribution < 1.29 is 9.53 Å². The van der Waals surface area contributed by atoms with Crippen molar-refractivity contribution >= 4 is 32.6 Å². The summed E-state index contributed by atoms with van der Waals surface area (Å²) < 4.78 is 5.52. The maximum Gasteiger partial charge on any atom is 0.278 e. The third-order valence-corrected chi connectivity index (χ3v) is 6.68. The first-order chi connectivity index (χ1) is 13.9. The molecule has 0 unspecified atom stereocenters. The van der Waals surface area contributed by atoms with Crippen LogP contribution in [0.1, 0.15) is 37.6 Å².